The van der Waals surface area contributed by atoms with Crippen LogP contribution in [0.1, 0.15) is 25.3 Å². The van der Waals surface area contributed by atoms with E-state index in [0.717, 1.165) is 16.7 Å². The van der Waals surface area contributed by atoms with Gasteiger partial charge in [0, 0.05) is 12.0 Å². The Morgan fingerprint density at radius 3 is 2.22 bits per heavy atom. The number of nitrogens with one attached hydrogen (secondary N) is 1. The molecule has 140 valence electrons. The van der Waals surface area contributed by atoms with Gasteiger partial charge in [-0.1, -0.05) is 36.4 Å². The van der Waals surface area contributed by atoms with E-state index < -0.39 is 12.1 Å². The normalized spacial score (nSPS) is 21.5. The first-order valence-corrected chi connectivity index (χ1v) is 8.91. The van der Waals surface area contributed by atoms with Crippen LogP contribution in [0.5, 0.6) is 0 Å². The summed E-state index contributed by atoms with van der Waals surface area (Å²) in [5.41, 5.74) is 2.71. The van der Waals surface area contributed by atoms with Gasteiger partial charge in [0.15, 0.2) is 0 Å². The summed E-state index contributed by atoms with van der Waals surface area (Å²) in [6, 6.07) is 14.6. The van der Waals surface area contributed by atoms with Crippen LogP contribution >= 0.6 is 0 Å². The second kappa shape index (κ2) is 7.77. The molecule has 5 nitrogen and oxygen atoms in total. The Labute approximate surface area is 158 Å². The number of hydrogen-bond acceptors (Lipinski definition) is 3. The molecule has 0 radical (unpaired) electrons. The standard InChI is InChI=1S/C21H22FN3O2/c1-13(2)24-21(27)25-18(11-23)20(19(25)12-26)16-5-3-14(4-6-16)15-7-9-17(22)10-8-15/h3-10,13,18-20,26H,12H2,1-2H3,(H,24,27)/t18-,19+,20-/m0/s1. The summed E-state index contributed by atoms with van der Waals surface area (Å²) in [5, 5.41) is 22.1. The van der Waals surface area contributed by atoms with Gasteiger partial charge in [-0.15, -0.1) is 0 Å². The van der Waals surface area contributed by atoms with Gasteiger partial charge in [0.1, 0.15) is 11.9 Å². The molecule has 2 aromatic carbocycles. The van der Waals surface area contributed by atoms with E-state index in [1.807, 2.05) is 38.1 Å². The summed E-state index contributed by atoms with van der Waals surface area (Å²) >= 11 is 0. The quantitative estimate of drug-likeness (QED) is 0.871. The van der Waals surface area contributed by atoms with Crippen molar-refractivity contribution in [2.24, 2.45) is 0 Å². The van der Waals surface area contributed by atoms with Crippen molar-refractivity contribution in [1.82, 2.24) is 10.2 Å². The van der Waals surface area contributed by atoms with Crippen LogP contribution in [0.25, 0.3) is 11.1 Å². The van der Waals surface area contributed by atoms with Crippen molar-refractivity contribution in [2.45, 2.75) is 37.9 Å². The number of benzene rings is 2. The third-order valence-corrected chi connectivity index (χ3v) is 4.85. The van der Waals surface area contributed by atoms with Crippen LogP contribution in [-0.2, 0) is 0 Å². The third kappa shape index (κ3) is 3.64. The maximum atomic E-state index is 13.1. The number of rotatable bonds is 4. The minimum atomic E-state index is -0.627. The van der Waals surface area contributed by atoms with Crippen LogP contribution in [0.3, 0.4) is 0 Å². The zero-order valence-electron chi connectivity index (χ0n) is 15.3. The molecule has 0 saturated carbocycles. The van der Waals surface area contributed by atoms with Crippen LogP contribution in [-0.4, -0.2) is 40.8 Å². The van der Waals surface area contributed by atoms with E-state index in [4.69, 9.17) is 0 Å². The lowest BCUT2D eigenvalue weighted by molar-refractivity contribution is 0.0162. The first-order valence-electron chi connectivity index (χ1n) is 8.91. The van der Waals surface area contributed by atoms with E-state index in [1.54, 1.807) is 12.1 Å². The topological polar surface area (TPSA) is 76.4 Å². The van der Waals surface area contributed by atoms with E-state index in [2.05, 4.69) is 11.4 Å². The van der Waals surface area contributed by atoms with Crippen molar-refractivity contribution in [3.8, 4) is 17.2 Å². The average Bonchev–Trinajstić information content (AvgIpc) is 2.62. The number of amides is 2. The monoisotopic (exact) mass is 367 g/mol. The Balaban J connectivity index is 1.82. The molecule has 1 fully saturated rings. The van der Waals surface area contributed by atoms with Gasteiger partial charge in [-0.25, -0.2) is 9.18 Å². The highest BCUT2D eigenvalue weighted by molar-refractivity contribution is 5.77. The predicted octanol–water partition coefficient (Wildman–Crippen LogP) is 3.26. The van der Waals surface area contributed by atoms with E-state index in [1.165, 1.54) is 17.0 Å². The average molecular weight is 367 g/mol. The SMILES string of the molecule is CC(C)NC(=O)N1[C@H](CO)[C@@H](c2ccc(-c3ccc(F)cc3)cc2)[C@@H]1C#N. The summed E-state index contributed by atoms with van der Waals surface area (Å²) in [5.74, 6) is -0.535. The van der Waals surface area contributed by atoms with Crippen LogP contribution in [0.2, 0.25) is 0 Å². The van der Waals surface area contributed by atoms with Gasteiger partial charge in [0.2, 0.25) is 0 Å². The third-order valence-electron chi connectivity index (χ3n) is 4.85. The van der Waals surface area contributed by atoms with Gasteiger partial charge < -0.3 is 15.3 Å². The summed E-state index contributed by atoms with van der Waals surface area (Å²) in [7, 11) is 0. The molecule has 3 rings (SSSR count). The number of aliphatic hydroxyl groups is 1. The summed E-state index contributed by atoms with van der Waals surface area (Å²) < 4.78 is 13.1. The second-order valence-electron chi connectivity index (χ2n) is 6.99. The van der Waals surface area contributed by atoms with E-state index in [9.17, 15) is 19.6 Å². The van der Waals surface area contributed by atoms with E-state index >= 15 is 0 Å². The van der Waals surface area contributed by atoms with E-state index in [0.29, 0.717) is 0 Å². The van der Waals surface area contributed by atoms with Gasteiger partial charge in [0.05, 0.1) is 18.7 Å². The van der Waals surface area contributed by atoms with Crippen molar-refractivity contribution in [3.05, 3.63) is 59.9 Å². The predicted molar refractivity (Wildman–Crippen MR) is 100 cm³/mol. The van der Waals surface area contributed by atoms with E-state index in [-0.39, 0.29) is 30.4 Å². The summed E-state index contributed by atoms with van der Waals surface area (Å²) in [6.45, 7) is 3.48. The first kappa shape index (κ1) is 18.9. The van der Waals surface area contributed by atoms with Crippen LogP contribution in [0, 0.1) is 17.1 Å². The highest BCUT2D eigenvalue weighted by Gasteiger charge is 2.51. The molecule has 1 aliphatic heterocycles. The Hall–Kier alpha value is -2.91. The number of carbonyl (C=O) groups is 1. The highest BCUT2D eigenvalue weighted by atomic mass is 19.1. The molecular formula is C21H22FN3O2. The van der Waals surface area contributed by atoms with Gasteiger partial charge in [-0.3, -0.25) is 0 Å². The lowest BCUT2D eigenvalue weighted by Gasteiger charge is -2.51. The Morgan fingerprint density at radius 2 is 1.74 bits per heavy atom. The highest BCUT2D eigenvalue weighted by Crippen LogP contribution is 2.40. The Kier molecular flexibility index (Phi) is 5.43. The second-order valence-corrected chi connectivity index (χ2v) is 6.99. The van der Waals surface area contributed by atoms with Gasteiger partial charge in [-0.05, 0) is 42.7 Å². The zero-order valence-corrected chi connectivity index (χ0v) is 15.3. The van der Waals surface area contributed by atoms with Crippen LogP contribution in [0.15, 0.2) is 48.5 Å². The lowest BCUT2D eigenvalue weighted by atomic mass is 9.75. The van der Waals surface area contributed by atoms with Gasteiger partial charge >= 0.3 is 6.03 Å². The lowest BCUT2D eigenvalue weighted by Crippen LogP contribution is -2.67. The molecular weight excluding hydrogens is 345 g/mol. The number of nitrogens with zero attached hydrogens (tertiary/aromatic N) is 2. The maximum absolute atomic E-state index is 13.1. The minimum Gasteiger partial charge on any atom is -0.394 e. The molecule has 1 heterocycles. The fourth-order valence-electron chi connectivity index (χ4n) is 3.55. The fourth-order valence-corrected chi connectivity index (χ4v) is 3.55. The molecule has 0 bridgehead atoms. The number of nitriles is 1. The van der Waals surface area contributed by atoms with Crippen LogP contribution < -0.4 is 5.32 Å². The number of likely N-dealkylation sites (tertiary alicyclic amines) is 1. The molecule has 0 spiro atoms. The molecule has 6 heteroatoms. The molecule has 2 N–H and O–H groups in total. The van der Waals surface area contributed by atoms with Crippen molar-refractivity contribution in [1.29, 1.82) is 5.26 Å². The fraction of sp³-hybridized carbons (Fsp3) is 0.333. The van der Waals surface area contributed by atoms with Crippen molar-refractivity contribution < 1.29 is 14.3 Å². The number of urea groups is 1. The molecule has 2 amide bonds. The number of carbonyl (C=O) groups excluding carboxylic acids is 1. The van der Waals surface area contributed by atoms with Crippen molar-refractivity contribution in [3.63, 3.8) is 0 Å². The number of aliphatic hydroxyl groups excluding tert-OH is 1. The Morgan fingerprint density at radius 1 is 1.19 bits per heavy atom. The maximum Gasteiger partial charge on any atom is 0.319 e. The first-order chi connectivity index (χ1) is 13.0. The van der Waals surface area contributed by atoms with Crippen LogP contribution in [0.4, 0.5) is 9.18 Å². The molecule has 3 atom stereocenters. The molecule has 0 unspecified atom stereocenters. The molecule has 1 aliphatic rings. The number of halogens is 1. The van der Waals surface area contributed by atoms with Crippen molar-refractivity contribution >= 4 is 6.03 Å². The summed E-state index contributed by atoms with van der Waals surface area (Å²) in [6.07, 6.45) is 0. The van der Waals surface area contributed by atoms with Gasteiger partial charge in [0.25, 0.3) is 0 Å². The summed E-state index contributed by atoms with van der Waals surface area (Å²) in [4.78, 5) is 13.8. The molecule has 1 saturated heterocycles. The molecule has 2 aromatic rings. The van der Waals surface area contributed by atoms with Crippen molar-refractivity contribution in [2.75, 3.05) is 6.61 Å². The minimum absolute atomic E-state index is 0.0507. The van der Waals surface area contributed by atoms with Gasteiger partial charge in [-0.2, -0.15) is 5.26 Å². The Bertz CT molecular complexity index is 843. The zero-order chi connectivity index (χ0) is 19.6. The molecule has 0 aromatic heterocycles. The molecule has 0 aliphatic carbocycles. The largest absolute Gasteiger partial charge is 0.394 e. The number of hydrogen-bond donors (Lipinski definition) is 2. The molecule has 27 heavy (non-hydrogen) atoms. The smallest absolute Gasteiger partial charge is 0.319 e.